The second-order valence-corrected chi connectivity index (χ2v) is 6.08. The fourth-order valence-electron chi connectivity index (χ4n) is 3.26. The summed E-state index contributed by atoms with van der Waals surface area (Å²) >= 11 is 0. The van der Waals surface area contributed by atoms with Gasteiger partial charge in [-0.25, -0.2) is 0 Å². The molecule has 22 heavy (non-hydrogen) atoms. The van der Waals surface area contributed by atoms with Crippen LogP contribution < -0.4 is 10.1 Å². The second kappa shape index (κ2) is 7.29. The number of benzene rings is 1. The highest BCUT2D eigenvalue weighted by Crippen LogP contribution is 2.42. The molecule has 0 unspecified atom stereocenters. The van der Waals surface area contributed by atoms with Crippen LogP contribution in [-0.2, 0) is 9.59 Å². The zero-order valence-electron chi connectivity index (χ0n) is 12.9. The predicted octanol–water partition coefficient (Wildman–Crippen LogP) is 3.45. The first-order valence-corrected chi connectivity index (χ1v) is 7.69. The molecule has 5 nitrogen and oxygen atoms in total. The van der Waals surface area contributed by atoms with Crippen molar-refractivity contribution in [3.63, 3.8) is 0 Å². The zero-order chi connectivity index (χ0) is 16.0. The van der Waals surface area contributed by atoms with Gasteiger partial charge in [-0.05, 0) is 42.5 Å². The number of amides is 1. The maximum atomic E-state index is 12.3. The Morgan fingerprint density at radius 3 is 2.32 bits per heavy atom. The molecule has 1 aliphatic rings. The summed E-state index contributed by atoms with van der Waals surface area (Å²) in [6.07, 6.45) is 5.10. The molecule has 0 saturated heterocycles. The van der Waals surface area contributed by atoms with Crippen LogP contribution >= 0.6 is 0 Å². The van der Waals surface area contributed by atoms with Crippen molar-refractivity contribution in [2.75, 3.05) is 12.4 Å². The highest BCUT2D eigenvalue weighted by atomic mass is 16.5. The normalized spacial score (nSPS) is 16.8. The van der Waals surface area contributed by atoms with Gasteiger partial charge in [0.15, 0.2) is 0 Å². The third kappa shape index (κ3) is 4.48. The van der Waals surface area contributed by atoms with E-state index in [-0.39, 0.29) is 24.2 Å². The Morgan fingerprint density at radius 1 is 1.14 bits per heavy atom. The van der Waals surface area contributed by atoms with E-state index in [2.05, 4.69) is 5.32 Å². The fourth-order valence-corrected chi connectivity index (χ4v) is 3.26. The lowest BCUT2D eigenvalue weighted by Gasteiger charge is -2.35. The molecule has 1 fully saturated rings. The average molecular weight is 305 g/mol. The molecular weight excluding hydrogens is 282 g/mol. The molecular formula is C17H23NO4. The van der Waals surface area contributed by atoms with E-state index in [0.717, 1.165) is 37.9 Å². The zero-order valence-corrected chi connectivity index (χ0v) is 12.9. The summed E-state index contributed by atoms with van der Waals surface area (Å²) < 4.78 is 5.08. The van der Waals surface area contributed by atoms with Crippen LogP contribution in [0.3, 0.4) is 0 Å². The van der Waals surface area contributed by atoms with Crippen LogP contribution in [0.4, 0.5) is 5.69 Å². The highest BCUT2D eigenvalue weighted by molar-refractivity contribution is 5.91. The lowest BCUT2D eigenvalue weighted by atomic mass is 9.69. The molecule has 1 saturated carbocycles. The molecule has 0 aromatic heterocycles. The van der Waals surface area contributed by atoms with Crippen molar-refractivity contribution in [2.45, 2.75) is 44.9 Å². The van der Waals surface area contributed by atoms with Gasteiger partial charge in [-0.2, -0.15) is 0 Å². The molecule has 1 aliphatic carbocycles. The van der Waals surface area contributed by atoms with Gasteiger partial charge in [-0.1, -0.05) is 19.3 Å². The van der Waals surface area contributed by atoms with Crippen LogP contribution in [-0.4, -0.2) is 24.1 Å². The number of aliphatic carboxylic acids is 1. The topological polar surface area (TPSA) is 75.6 Å². The van der Waals surface area contributed by atoms with Gasteiger partial charge in [0, 0.05) is 12.1 Å². The summed E-state index contributed by atoms with van der Waals surface area (Å²) in [5, 5.41) is 12.0. The van der Waals surface area contributed by atoms with Gasteiger partial charge in [0.2, 0.25) is 5.91 Å². The van der Waals surface area contributed by atoms with E-state index in [1.807, 2.05) is 0 Å². The van der Waals surface area contributed by atoms with Crippen molar-refractivity contribution in [3.05, 3.63) is 24.3 Å². The van der Waals surface area contributed by atoms with Crippen molar-refractivity contribution >= 4 is 17.6 Å². The number of carbonyl (C=O) groups is 2. The SMILES string of the molecule is COc1ccc(NC(=O)CC2(CC(=O)O)CCCCC2)cc1. The number of carbonyl (C=O) groups excluding carboxylic acids is 1. The summed E-state index contributed by atoms with van der Waals surface area (Å²) in [7, 11) is 1.59. The van der Waals surface area contributed by atoms with E-state index < -0.39 is 5.97 Å². The number of hydrogen-bond acceptors (Lipinski definition) is 3. The molecule has 0 radical (unpaired) electrons. The first-order chi connectivity index (χ1) is 10.5. The third-order valence-corrected chi connectivity index (χ3v) is 4.35. The van der Waals surface area contributed by atoms with Gasteiger partial charge in [0.25, 0.3) is 0 Å². The maximum Gasteiger partial charge on any atom is 0.303 e. The monoisotopic (exact) mass is 305 g/mol. The summed E-state index contributed by atoms with van der Waals surface area (Å²) in [6, 6.07) is 7.12. The summed E-state index contributed by atoms with van der Waals surface area (Å²) in [5.41, 5.74) is 0.313. The smallest absolute Gasteiger partial charge is 0.303 e. The van der Waals surface area contributed by atoms with Gasteiger partial charge in [0.1, 0.15) is 5.75 Å². The number of methoxy groups -OCH3 is 1. The van der Waals surface area contributed by atoms with Crippen molar-refractivity contribution in [3.8, 4) is 5.75 Å². The van der Waals surface area contributed by atoms with E-state index in [4.69, 9.17) is 9.84 Å². The third-order valence-electron chi connectivity index (χ3n) is 4.35. The summed E-state index contributed by atoms with van der Waals surface area (Å²) in [5.74, 6) is -0.208. The molecule has 0 aliphatic heterocycles. The number of hydrogen-bond donors (Lipinski definition) is 2. The van der Waals surface area contributed by atoms with E-state index in [0.29, 0.717) is 5.69 Å². The Kier molecular flexibility index (Phi) is 5.41. The number of nitrogens with one attached hydrogen (secondary N) is 1. The number of carboxylic acid groups (broad SMARTS) is 1. The number of rotatable bonds is 6. The van der Waals surface area contributed by atoms with Crippen molar-refractivity contribution in [1.29, 1.82) is 0 Å². The Bertz CT molecular complexity index is 518. The highest BCUT2D eigenvalue weighted by Gasteiger charge is 2.36. The molecule has 120 valence electrons. The summed E-state index contributed by atoms with van der Waals surface area (Å²) in [4.78, 5) is 23.4. The molecule has 1 aromatic carbocycles. The quantitative estimate of drug-likeness (QED) is 0.844. The molecule has 0 spiro atoms. The molecule has 1 aromatic rings. The minimum absolute atomic E-state index is 0.0725. The first-order valence-electron chi connectivity index (χ1n) is 7.69. The fraction of sp³-hybridized carbons (Fsp3) is 0.529. The molecule has 2 rings (SSSR count). The van der Waals surface area contributed by atoms with Crippen LogP contribution in [0.15, 0.2) is 24.3 Å². The van der Waals surface area contributed by atoms with Crippen LogP contribution in [0, 0.1) is 5.41 Å². The Hall–Kier alpha value is -2.04. The van der Waals surface area contributed by atoms with Crippen LogP contribution in [0.5, 0.6) is 5.75 Å². The largest absolute Gasteiger partial charge is 0.497 e. The molecule has 0 atom stereocenters. The number of anilines is 1. The Balaban J connectivity index is 1.99. The number of carboxylic acids is 1. The van der Waals surface area contributed by atoms with Gasteiger partial charge >= 0.3 is 5.97 Å². The van der Waals surface area contributed by atoms with E-state index in [1.54, 1.807) is 31.4 Å². The molecule has 0 bridgehead atoms. The second-order valence-electron chi connectivity index (χ2n) is 6.08. The standard InChI is InChI=1S/C17H23NO4/c1-22-14-7-5-13(6-8-14)18-15(19)11-17(12-16(20)21)9-3-2-4-10-17/h5-8H,2-4,9-12H2,1H3,(H,18,19)(H,20,21). The molecule has 1 amide bonds. The summed E-state index contributed by atoms with van der Waals surface area (Å²) in [6.45, 7) is 0. The van der Waals surface area contributed by atoms with Gasteiger partial charge in [0.05, 0.1) is 13.5 Å². The maximum absolute atomic E-state index is 12.3. The van der Waals surface area contributed by atoms with E-state index in [9.17, 15) is 9.59 Å². The van der Waals surface area contributed by atoms with Gasteiger partial charge in [-0.3, -0.25) is 9.59 Å². The first kappa shape index (κ1) is 16.3. The lowest BCUT2D eigenvalue weighted by molar-refractivity contribution is -0.140. The van der Waals surface area contributed by atoms with Crippen molar-refractivity contribution in [1.82, 2.24) is 0 Å². The van der Waals surface area contributed by atoms with Gasteiger partial charge < -0.3 is 15.2 Å². The van der Waals surface area contributed by atoms with Crippen LogP contribution in [0.2, 0.25) is 0 Å². The average Bonchev–Trinajstić information content (AvgIpc) is 2.47. The van der Waals surface area contributed by atoms with Crippen LogP contribution in [0.1, 0.15) is 44.9 Å². The molecule has 5 heteroatoms. The Labute approximate surface area is 130 Å². The van der Waals surface area contributed by atoms with E-state index in [1.165, 1.54) is 0 Å². The minimum atomic E-state index is -0.820. The Morgan fingerprint density at radius 2 is 1.77 bits per heavy atom. The van der Waals surface area contributed by atoms with Crippen LogP contribution in [0.25, 0.3) is 0 Å². The van der Waals surface area contributed by atoms with Crippen molar-refractivity contribution in [2.24, 2.45) is 5.41 Å². The van der Waals surface area contributed by atoms with Gasteiger partial charge in [-0.15, -0.1) is 0 Å². The lowest BCUT2D eigenvalue weighted by Crippen LogP contribution is -2.32. The molecule has 2 N–H and O–H groups in total. The predicted molar refractivity (Wildman–Crippen MR) is 84.0 cm³/mol. The van der Waals surface area contributed by atoms with E-state index >= 15 is 0 Å². The minimum Gasteiger partial charge on any atom is -0.497 e. The number of ether oxygens (including phenoxy) is 1. The molecule has 0 heterocycles. The van der Waals surface area contributed by atoms with Crippen molar-refractivity contribution < 1.29 is 19.4 Å².